The van der Waals surface area contributed by atoms with Crippen LogP contribution >= 0.6 is 22.6 Å². The van der Waals surface area contributed by atoms with Gasteiger partial charge in [-0.1, -0.05) is 22.6 Å². The molecule has 0 unspecified atom stereocenters. The van der Waals surface area contributed by atoms with Gasteiger partial charge in [-0.25, -0.2) is 0 Å². The number of rotatable bonds is 6. The standard InChI is InChI=1S/C12H16INO3/c1-17-11-5-4-9(8-10(11)15)12(16)14-7-3-2-6-13/h4-5,8,15H,2-3,6-7H2,1H3,(H,14,16). The van der Waals surface area contributed by atoms with Crippen LogP contribution in [0.4, 0.5) is 0 Å². The molecule has 0 saturated carbocycles. The minimum absolute atomic E-state index is 0.0209. The van der Waals surface area contributed by atoms with Crippen molar-refractivity contribution < 1.29 is 14.6 Å². The van der Waals surface area contributed by atoms with E-state index in [-0.39, 0.29) is 11.7 Å². The van der Waals surface area contributed by atoms with Crippen molar-refractivity contribution in [1.82, 2.24) is 5.32 Å². The van der Waals surface area contributed by atoms with Gasteiger partial charge in [-0.2, -0.15) is 0 Å². The first-order valence-corrected chi connectivity index (χ1v) is 6.92. The van der Waals surface area contributed by atoms with Crippen LogP contribution in [0.2, 0.25) is 0 Å². The van der Waals surface area contributed by atoms with Crippen molar-refractivity contribution in [2.45, 2.75) is 12.8 Å². The van der Waals surface area contributed by atoms with E-state index < -0.39 is 0 Å². The van der Waals surface area contributed by atoms with Gasteiger partial charge in [0.25, 0.3) is 5.91 Å². The lowest BCUT2D eigenvalue weighted by Gasteiger charge is -2.07. The van der Waals surface area contributed by atoms with Gasteiger partial charge in [0.2, 0.25) is 0 Å². The Morgan fingerprint density at radius 2 is 2.24 bits per heavy atom. The Morgan fingerprint density at radius 1 is 1.47 bits per heavy atom. The number of methoxy groups -OCH3 is 1. The van der Waals surface area contributed by atoms with Gasteiger partial charge in [0.05, 0.1) is 7.11 Å². The number of hydrogen-bond donors (Lipinski definition) is 2. The van der Waals surface area contributed by atoms with E-state index in [1.54, 1.807) is 12.1 Å². The first-order chi connectivity index (χ1) is 8.19. The largest absolute Gasteiger partial charge is 0.504 e. The topological polar surface area (TPSA) is 58.6 Å². The van der Waals surface area contributed by atoms with Gasteiger partial charge in [-0.05, 0) is 35.5 Å². The maximum Gasteiger partial charge on any atom is 0.251 e. The summed E-state index contributed by atoms with van der Waals surface area (Å²) in [5.41, 5.74) is 0.442. The second-order valence-electron chi connectivity index (χ2n) is 3.54. The highest BCUT2D eigenvalue weighted by molar-refractivity contribution is 14.1. The molecule has 0 radical (unpaired) electrons. The van der Waals surface area contributed by atoms with Gasteiger partial charge >= 0.3 is 0 Å². The summed E-state index contributed by atoms with van der Waals surface area (Å²) in [5, 5.41) is 12.3. The van der Waals surface area contributed by atoms with Gasteiger partial charge in [-0.3, -0.25) is 4.79 Å². The van der Waals surface area contributed by atoms with Crippen LogP contribution in [-0.2, 0) is 0 Å². The Bertz CT molecular complexity index is 382. The molecule has 0 heterocycles. The summed E-state index contributed by atoms with van der Waals surface area (Å²) >= 11 is 2.31. The van der Waals surface area contributed by atoms with E-state index in [0.29, 0.717) is 17.9 Å². The number of hydrogen-bond acceptors (Lipinski definition) is 3. The van der Waals surface area contributed by atoms with Crippen molar-refractivity contribution in [3.8, 4) is 11.5 Å². The molecule has 94 valence electrons. The molecule has 1 amide bonds. The van der Waals surface area contributed by atoms with Crippen molar-refractivity contribution in [3.05, 3.63) is 23.8 Å². The van der Waals surface area contributed by atoms with Gasteiger partial charge in [0, 0.05) is 12.1 Å². The summed E-state index contributed by atoms with van der Waals surface area (Å²) in [4.78, 5) is 11.7. The predicted octanol–water partition coefficient (Wildman–Crippen LogP) is 2.35. The monoisotopic (exact) mass is 349 g/mol. The minimum atomic E-state index is -0.170. The number of halogens is 1. The number of benzene rings is 1. The molecule has 0 bridgehead atoms. The van der Waals surface area contributed by atoms with Crippen LogP contribution in [0, 0.1) is 0 Å². The average Bonchev–Trinajstić information content (AvgIpc) is 2.34. The van der Waals surface area contributed by atoms with E-state index in [4.69, 9.17) is 4.74 Å². The molecular weight excluding hydrogens is 333 g/mol. The molecule has 0 aliphatic heterocycles. The third-order valence-corrected chi connectivity index (χ3v) is 3.05. The van der Waals surface area contributed by atoms with Crippen molar-refractivity contribution >= 4 is 28.5 Å². The summed E-state index contributed by atoms with van der Waals surface area (Å²) in [6, 6.07) is 4.62. The van der Waals surface area contributed by atoms with Crippen LogP contribution in [-0.4, -0.2) is 29.1 Å². The van der Waals surface area contributed by atoms with Crippen LogP contribution in [0.25, 0.3) is 0 Å². The van der Waals surface area contributed by atoms with Gasteiger partial charge in [-0.15, -0.1) is 0 Å². The molecule has 0 saturated heterocycles. The number of alkyl halides is 1. The Labute approximate surface area is 115 Å². The molecule has 0 fully saturated rings. The lowest BCUT2D eigenvalue weighted by Crippen LogP contribution is -2.24. The Kier molecular flexibility index (Phi) is 6.10. The van der Waals surface area contributed by atoms with E-state index in [2.05, 4.69) is 27.9 Å². The maximum atomic E-state index is 11.7. The summed E-state index contributed by atoms with van der Waals surface area (Å²) in [6.45, 7) is 0.661. The molecule has 4 nitrogen and oxygen atoms in total. The molecule has 0 aliphatic carbocycles. The van der Waals surface area contributed by atoms with E-state index in [0.717, 1.165) is 17.3 Å². The quantitative estimate of drug-likeness (QED) is 0.471. The fraction of sp³-hybridized carbons (Fsp3) is 0.417. The lowest BCUT2D eigenvalue weighted by molar-refractivity contribution is 0.0952. The molecule has 0 atom stereocenters. The average molecular weight is 349 g/mol. The lowest BCUT2D eigenvalue weighted by atomic mass is 10.2. The number of ether oxygens (including phenoxy) is 1. The molecule has 5 heteroatoms. The zero-order valence-electron chi connectivity index (χ0n) is 9.70. The SMILES string of the molecule is COc1ccc(C(=O)NCCCCI)cc1O. The summed E-state index contributed by atoms with van der Waals surface area (Å²) in [5.74, 6) is 0.176. The zero-order chi connectivity index (χ0) is 12.7. The predicted molar refractivity (Wildman–Crippen MR) is 75.1 cm³/mol. The van der Waals surface area contributed by atoms with Crippen molar-refractivity contribution in [1.29, 1.82) is 0 Å². The number of amides is 1. The molecule has 0 spiro atoms. The second-order valence-corrected chi connectivity index (χ2v) is 4.62. The third kappa shape index (κ3) is 4.41. The normalized spacial score (nSPS) is 10.0. The maximum absolute atomic E-state index is 11.7. The van der Waals surface area contributed by atoms with Crippen LogP contribution < -0.4 is 10.1 Å². The Balaban J connectivity index is 2.54. The minimum Gasteiger partial charge on any atom is -0.504 e. The molecule has 1 rings (SSSR count). The first kappa shape index (κ1) is 14.1. The fourth-order valence-corrected chi connectivity index (χ4v) is 1.89. The molecule has 0 aliphatic rings. The van der Waals surface area contributed by atoms with Crippen molar-refractivity contribution in [3.63, 3.8) is 0 Å². The third-order valence-electron chi connectivity index (χ3n) is 2.29. The van der Waals surface area contributed by atoms with Crippen molar-refractivity contribution in [2.75, 3.05) is 18.1 Å². The van der Waals surface area contributed by atoms with E-state index >= 15 is 0 Å². The van der Waals surface area contributed by atoms with Crippen LogP contribution in [0.15, 0.2) is 18.2 Å². The Hall–Kier alpha value is -0.980. The number of phenolic OH excluding ortho intramolecular Hbond substituents is 1. The first-order valence-electron chi connectivity index (χ1n) is 5.40. The highest BCUT2D eigenvalue weighted by Gasteiger charge is 2.08. The number of carbonyl (C=O) groups excluding carboxylic acids is 1. The highest BCUT2D eigenvalue weighted by atomic mass is 127. The molecular formula is C12H16INO3. The fourth-order valence-electron chi connectivity index (χ4n) is 1.35. The smallest absolute Gasteiger partial charge is 0.251 e. The number of nitrogens with one attached hydrogen (secondary N) is 1. The highest BCUT2D eigenvalue weighted by Crippen LogP contribution is 2.25. The van der Waals surface area contributed by atoms with Crippen molar-refractivity contribution in [2.24, 2.45) is 0 Å². The molecule has 17 heavy (non-hydrogen) atoms. The van der Waals surface area contributed by atoms with E-state index in [1.165, 1.54) is 13.2 Å². The van der Waals surface area contributed by atoms with Crippen LogP contribution in [0.5, 0.6) is 11.5 Å². The number of phenols is 1. The molecule has 0 aromatic heterocycles. The molecule has 2 N–H and O–H groups in total. The van der Waals surface area contributed by atoms with Crippen LogP contribution in [0.1, 0.15) is 23.2 Å². The van der Waals surface area contributed by atoms with E-state index in [1.807, 2.05) is 0 Å². The second kappa shape index (κ2) is 7.37. The summed E-state index contributed by atoms with van der Waals surface area (Å²) < 4.78 is 6.00. The number of unbranched alkanes of at least 4 members (excludes halogenated alkanes) is 1. The summed E-state index contributed by atoms with van der Waals surface area (Å²) in [7, 11) is 1.47. The van der Waals surface area contributed by atoms with E-state index in [9.17, 15) is 9.90 Å². The molecule has 1 aromatic carbocycles. The van der Waals surface area contributed by atoms with Gasteiger partial charge in [0.1, 0.15) is 0 Å². The van der Waals surface area contributed by atoms with Crippen LogP contribution in [0.3, 0.4) is 0 Å². The zero-order valence-corrected chi connectivity index (χ0v) is 11.9. The van der Waals surface area contributed by atoms with Gasteiger partial charge in [0.15, 0.2) is 11.5 Å². The Morgan fingerprint density at radius 3 is 2.82 bits per heavy atom. The van der Waals surface area contributed by atoms with Gasteiger partial charge < -0.3 is 15.2 Å². The molecule has 1 aromatic rings. The summed E-state index contributed by atoms with van der Waals surface area (Å²) in [6.07, 6.45) is 2.06. The number of aromatic hydroxyl groups is 1. The number of carbonyl (C=O) groups is 1.